The van der Waals surface area contributed by atoms with Gasteiger partial charge in [0.2, 0.25) is 0 Å². The summed E-state index contributed by atoms with van der Waals surface area (Å²) < 4.78 is 0. The maximum absolute atomic E-state index is 12.2. The minimum Gasteiger partial charge on any atom is -0.337 e. The highest BCUT2D eigenvalue weighted by Crippen LogP contribution is 2.22. The van der Waals surface area contributed by atoms with Crippen LogP contribution in [-0.2, 0) is 0 Å². The first-order chi connectivity index (χ1) is 9.58. The van der Waals surface area contributed by atoms with Gasteiger partial charge in [0.1, 0.15) is 0 Å². The monoisotopic (exact) mass is 274 g/mol. The fourth-order valence-corrected chi connectivity index (χ4v) is 2.88. The Balaban J connectivity index is 1.91. The van der Waals surface area contributed by atoms with Crippen molar-refractivity contribution < 1.29 is 4.79 Å². The first-order valence-electron chi connectivity index (χ1n) is 7.67. The van der Waals surface area contributed by atoms with Crippen molar-refractivity contribution in [1.82, 2.24) is 10.2 Å². The Kier molecular flexibility index (Phi) is 5.18. The van der Waals surface area contributed by atoms with Crippen molar-refractivity contribution in [3.63, 3.8) is 0 Å². The van der Waals surface area contributed by atoms with Gasteiger partial charge in [-0.25, -0.2) is 0 Å². The number of benzene rings is 1. The van der Waals surface area contributed by atoms with E-state index in [1.807, 2.05) is 31.2 Å². The number of aryl methyl sites for hydroxylation is 1. The molecule has 3 heteroatoms. The Morgan fingerprint density at radius 2 is 1.80 bits per heavy atom. The molecule has 2 rings (SSSR count). The van der Waals surface area contributed by atoms with Crippen molar-refractivity contribution in [2.24, 2.45) is 0 Å². The fraction of sp³-hybridized carbons (Fsp3) is 0.588. The minimum absolute atomic E-state index is 0.0140. The topological polar surface area (TPSA) is 32.3 Å². The molecular formula is C17H26N2O. The average Bonchev–Trinajstić information content (AvgIpc) is 2.48. The number of nitrogens with zero attached hydrogens (tertiary/aromatic N) is 1. The number of hydrogen-bond acceptors (Lipinski definition) is 2. The molecule has 0 aromatic heterocycles. The third-order valence-corrected chi connectivity index (χ3v) is 4.42. The summed E-state index contributed by atoms with van der Waals surface area (Å²) in [6.07, 6.45) is 6.56. The molecule has 1 aliphatic rings. The van der Waals surface area contributed by atoms with Gasteiger partial charge in [0, 0.05) is 11.6 Å². The molecule has 0 radical (unpaired) electrons. The van der Waals surface area contributed by atoms with E-state index in [-0.39, 0.29) is 12.1 Å². The number of carbonyl (C=O) groups is 1. The lowest BCUT2D eigenvalue weighted by atomic mass is 9.94. The van der Waals surface area contributed by atoms with Gasteiger partial charge < -0.3 is 5.32 Å². The summed E-state index contributed by atoms with van der Waals surface area (Å²) in [5, 5.41) is 3.10. The van der Waals surface area contributed by atoms with Crippen LogP contribution in [0.25, 0.3) is 0 Å². The Morgan fingerprint density at radius 3 is 2.40 bits per heavy atom. The van der Waals surface area contributed by atoms with Crippen molar-refractivity contribution in [2.75, 3.05) is 7.05 Å². The van der Waals surface area contributed by atoms with Gasteiger partial charge in [-0.05, 0) is 45.9 Å². The van der Waals surface area contributed by atoms with Crippen LogP contribution in [0.3, 0.4) is 0 Å². The maximum Gasteiger partial charge on any atom is 0.252 e. The van der Waals surface area contributed by atoms with Gasteiger partial charge in [0.05, 0.1) is 6.17 Å². The van der Waals surface area contributed by atoms with Gasteiger partial charge in [-0.15, -0.1) is 0 Å². The van der Waals surface area contributed by atoms with E-state index < -0.39 is 0 Å². The molecule has 20 heavy (non-hydrogen) atoms. The SMILES string of the molecule is Cc1ccc(C(=O)NC(C)N(C)C2CCCCC2)cc1. The average molecular weight is 274 g/mol. The molecule has 1 aromatic rings. The lowest BCUT2D eigenvalue weighted by Gasteiger charge is -2.35. The van der Waals surface area contributed by atoms with Crippen molar-refractivity contribution in [3.05, 3.63) is 35.4 Å². The van der Waals surface area contributed by atoms with Crippen LogP contribution in [0.2, 0.25) is 0 Å². The maximum atomic E-state index is 12.2. The predicted octanol–water partition coefficient (Wildman–Crippen LogP) is 3.34. The highest BCUT2D eigenvalue weighted by Gasteiger charge is 2.23. The van der Waals surface area contributed by atoms with Gasteiger partial charge in [-0.1, -0.05) is 37.0 Å². The van der Waals surface area contributed by atoms with Gasteiger partial charge in [-0.3, -0.25) is 9.69 Å². The molecule has 3 nitrogen and oxygen atoms in total. The molecule has 1 aliphatic carbocycles. The molecule has 1 fully saturated rings. The molecular weight excluding hydrogens is 248 g/mol. The predicted molar refractivity (Wildman–Crippen MR) is 82.7 cm³/mol. The molecule has 1 unspecified atom stereocenters. The standard InChI is InChI=1S/C17H26N2O/c1-13-9-11-15(12-10-13)17(20)18-14(2)19(3)16-7-5-4-6-8-16/h9-12,14,16H,4-8H2,1-3H3,(H,18,20). The van der Waals surface area contributed by atoms with E-state index in [0.29, 0.717) is 6.04 Å². The third kappa shape index (κ3) is 3.83. The van der Waals surface area contributed by atoms with Crippen LogP contribution in [0, 0.1) is 6.92 Å². The van der Waals surface area contributed by atoms with Gasteiger partial charge in [0.25, 0.3) is 5.91 Å². The van der Waals surface area contributed by atoms with E-state index in [4.69, 9.17) is 0 Å². The van der Waals surface area contributed by atoms with Crippen molar-refractivity contribution in [2.45, 2.75) is 58.2 Å². The van der Waals surface area contributed by atoms with Gasteiger partial charge in [-0.2, -0.15) is 0 Å². The third-order valence-electron chi connectivity index (χ3n) is 4.42. The summed E-state index contributed by atoms with van der Waals surface area (Å²) in [5.41, 5.74) is 1.91. The van der Waals surface area contributed by atoms with E-state index in [9.17, 15) is 4.79 Å². The molecule has 0 heterocycles. The van der Waals surface area contributed by atoms with E-state index >= 15 is 0 Å². The molecule has 0 saturated heterocycles. The molecule has 1 N–H and O–H groups in total. The summed E-state index contributed by atoms with van der Waals surface area (Å²) in [7, 11) is 2.12. The Hall–Kier alpha value is -1.35. The largest absolute Gasteiger partial charge is 0.337 e. The molecule has 0 aliphatic heterocycles. The van der Waals surface area contributed by atoms with E-state index in [2.05, 4.69) is 24.2 Å². The molecule has 1 amide bonds. The molecule has 1 aromatic carbocycles. The number of carbonyl (C=O) groups excluding carboxylic acids is 1. The first kappa shape index (κ1) is 15.0. The minimum atomic E-state index is 0.0140. The van der Waals surface area contributed by atoms with Gasteiger partial charge >= 0.3 is 0 Å². The van der Waals surface area contributed by atoms with Crippen LogP contribution < -0.4 is 5.32 Å². The highest BCUT2D eigenvalue weighted by molar-refractivity contribution is 5.94. The zero-order valence-corrected chi connectivity index (χ0v) is 12.9. The normalized spacial score (nSPS) is 18.0. The number of amides is 1. The van der Waals surface area contributed by atoms with Crippen LogP contribution in [0.4, 0.5) is 0 Å². The molecule has 110 valence electrons. The molecule has 1 atom stereocenters. The summed E-state index contributed by atoms with van der Waals surface area (Å²) in [6.45, 7) is 4.10. The van der Waals surface area contributed by atoms with Crippen LogP contribution in [0.15, 0.2) is 24.3 Å². The molecule has 0 bridgehead atoms. The zero-order chi connectivity index (χ0) is 14.5. The van der Waals surface area contributed by atoms with Gasteiger partial charge in [0.15, 0.2) is 0 Å². The smallest absolute Gasteiger partial charge is 0.252 e. The van der Waals surface area contributed by atoms with Crippen LogP contribution in [0.5, 0.6) is 0 Å². The van der Waals surface area contributed by atoms with Crippen LogP contribution in [-0.4, -0.2) is 30.1 Å². The Morgan fingerprint density at radius 1 is 1.20 bits per heavy atom. The van der Waals surface area contributed by atoms with Crippen LogP contribution in [0.1, 0.15) is 54.9 Å². The number of rotatable bonds is 4. The Bertz CT molecular complexity index is 435. The molecule has 1 saturated carbocycles. The van der Waals surface area contributed by atoms with Crippen molar-refractivity contribution in [1.29, 1.82) is 0 Å². The lowest BCUT2D eigenvalue weighted by Crippen LogP contribution is -2.49. The summed E-state index contributed by atoms with van der Waals surface area (Å²) >= 11 is 0. The summed E-state index contributed by atoms with van der Waals surface area (Å²) in [4.78, 5) is 14.5. The van der Waals surface area contributed by atoms with Crippen molar-refractivity contribution in [3.8, 4) is 0 Å². The second kappa shape index (κ2) is 6.89. The molecule has 0 spiro atoms. The highest BCUT2D eigenvalue weighted by atomic mass is 16.1. The summed E-state index contributed by atoms with van der Waals surface area (Å²) in [5.74, 6) is 0.0140. The van der Waals surface area contributed by atoms with E-state index in [1.165, 1.54) is 37.7 Å². The number of hydrogen-bond donors (Lipinski definition) is 1. The van der Waals surface area contributed by atoms with Crippen LogP contribution >= 0.6 is 0 Å². The van der Waals surface area contributed by atoms with Crippen molar-refractivity contribution >= 4 is 5.91 Å². The van der Waals surface area contributed by atoms with E-state index in [0.717, 1.165) is 5.56 Å². The number of nitrogens with one attached hydrogen (secondary N) is 1. The summed E-state index contributed by atoms with van der Waals surface area (Å²) in [6, 6.07) is 8.34. The second-order valence-electron chi connectivity index (χ2n) is 5.97. The fourth-order valence-electron chi connectivity index (χ4n) is 2.88. The first-order valence-corrected chi connectivity index (χ1v) is 7.67. The quantitative estimate of drug-likeness (QED) is 0.854. The second-order valence-corrected chi connectivity index (χ2v) is 5.97. The Labute approximate surface area is 122 Å². The lowest BCUT2D eigenvalue weighted by molar-refractivity contribution is 0.0810. The zero-order valence-electron chi connectivity index (χ0n) is 12.9. The van der Waals surface area contributed by atoms with E-state index in [1.54, 1.807) is 0 Å².